The van der Waals surface area contributed by atoms with Gasteiger partial charge in [-0.15, -0.1) is 17.8 Å². The number of hydrogen-bond donors (Lipinski definition) is 1. The summed E-state index contributed by atoms with van der Waals surface area (Å²) < 4.78 is 38.1. The third-order valence-corrected chi connectivity index (χ3v) is 3.28. The maximum absolute atomic E-state index is 12.5. The highest BCUT2D eigenvalue weighted by molar-refractivity contribution is 7.18. The van der Waals surface area contributed by atoms with Crippen molar-refractivity contribution in [1.29, 1.82) is 0 Å². The Morgan fingerprint density at radius 2 is 2.17 bits per heavy atom. The van der Waals surface area contributed by atoms with E-state index in [1.54, 1.807) is 0 Å². The first-order chi connectivity index (χ1) is 8.50. The Morgan fingerprint density at radius 1 is 1.39 bits per heavy atom. The molecular weight excluding hydrogens is 261 g/mol. The molecule has 0 spiro atoms. The smallest absolute Gasteiger partial charge is 0.300 e. The van der Waals surface area contributed by atoms with Gasteiger partial charge in [0.15, 0.2) is 0 Å². The van der Waals surface area contributed by atoms with Gasteiger partial charge < -0.3 is 0 Å². The largest absolute Gasteiger partial charge is 0.416 e. The van der Waals surface area contributed by atoms with Crippen molar-refractivity contribution in [2.24, 2.45) is 0 Å². The minimum atomic E-state index is -4.32. The van der Waals surface area contributed by atoms with Crippen LogP contribution in [-0.2, 0) is 12.7 Å². The molecule has 0 aliphatic heterocycles. The number of thiazole rings is 1. The second-order valence-electron chi connectivity index (χ2n) is 3.60. The van der Waals surface area contributed by atoms with Crippen LogP contribution in [0.4, 0.5) is 13.2 Å². The number of hydrogen-bond acceptors (Lipinski definition) is 3. The highest BCUT2D eigenvalue weighted by atomic mass is 32.1. The molecule has 1 aromatic carbocycles. The van der Waals surface area contributed by atoms with Gasteiger partial charge in [0.1, 0.15) is 5.01 Å². The number of halogens is 3. The normalized spacial score (nSPS) is 11.7. The Bertz CT molecular complexity index is 595. The van der Waals surface area contributed by atoms with E-state index in [0.29, 0.717) is 23.3 Å². The lowest BCUT2D eigenvalue weighted by molar-refractivity contribution is -0.137. The summed E-state index contributed by atoms with van der Waals surface area (Å²) >= 11 is 1.24. The SMILES string of the molecule is C#CCNCc1nc2ccc(C(F)(F)F)cc2s1. The molecule has 0 saturated heterocycles. The molecule has 0 fully saturated rings. The van der Waals surface area contributed by atoms with Gasteiger partial charge in [-0.25, -0.2) is 4.98 Å². The zero-order valence-electron chi connectivity index (χ0n) is 9.21. The average molecular weight is 270 g/mol. The monoisotopic (exact) mass is 270 g/mol. The fourth-order valence-corrected chi connectivity index (χ4v) is 2.44. The minimum Gasteiger partial charge on any atom is -0.300 e. The van der Waals surface area contributed by atoms with E-state index < -0.39 is 11.7 Å². The fraction of sp³-hybridized carbons (Fsp3) is 0.250. The van der Waals surface area contributed by atoms with Crippen LogP contribution < -0.4 is 5.32 Å². The molecule has 2 rings (SSSR count). The third-order valence-electron chi connectivity index (χ3n) is 2.26. The van der Waals surface area contributed by atoms with Gasteiger partial charge >= 0.3 is 6.18 Å². The van der Waals surface area contributed by atoms with Crippen molar-refractivity contribution < 1.29 is 13.2 Å². The van der Waals surface area contributed by atoms with Crippen LogP contribution in [0, 0.1) is 12.3 Å². The van der Waals surface area contributed by atoms with Gasteiger partial charge in [-0.3, -0.25) is 5.32 Å². The van der Waals surface area contributed by atoms with Crippen molar-refractivity contribution in [3.63, 3.8) is 0 Å². The van der Waals surface area contributed by atoms with Crippen LogP contribution in [0.1, 0.15) is 10.6 Å². The summed E-state index contributed by atoms with van der Waals surface area (Å²) in [7, 11) is 0. The Balaban J connectivity index is 2.26. The van der Waals surface area contributed by atoms with E-state index in [4.69, 9.17) is 6.42 Å². The maximum Gasteiger partial charge on any atom is 0.416 e. The number of terminal acetylenes is 1. The molecular formula is C12H9F3N2S. The van der Waals surface area contributed by atoms with Crippen molar-refractivity contribution in [2.75, 3.05) is 6.54 Å². The molecule has 0 atom stereocenters. The summed E-state index contributed by atoms with van der Waals surface area (Å²) in [6, 6.07) is 3.55. The van der Waals surface area contributed by atoms with Gasteiger partial charge in [0.2, 0.25) is 0 Å². The summed E-state index contributed by atoms with van der Waals surface area (Å²) in [5.74, 6) is 2.42. The predicted molar refractivity (Wildman–Crippen MR) is 65.2 cm³/mol. The zero-order valence-corrected chi connectivity index (χ0v) is 10.0. The standard InChI is InChI=1S/C12H9F3N2S/c1-2-5-16-7-11-17-9-4-3-8(12(13,14)15)6-10(9)18-11/h1,3-4,6,16H,5,7H2. The van der Waals surface area contributed by atoms with E-state index in [2.05, 4.69) is 16.2 Å². The van der Waals surface area contributed by atoms with Crippen LogP contribution in [0.3, 0.4) is 0 Å². The molecule has 0 aliphatic rings. The number of alkyl halides is 3. The lowest BCUT2D eigenvalue weighted by Gasteiger charge is -2.04. The highest BCUT2D eigenvalue weighted by Crippen LogP contribution is 2.33. The molecule has 0 saturated carbocycles. The molecule has 18 heavy (non-hydrogen) atoms. The lowest BCUT2D eigenvalue weighted by atomic mass is 10.2. The first kappa shape index (κ1) is 12.9. The van der Waals surface area contributed by atoms with Crippen LogP contribution in [0.15, 0.2) is 18.2 Å². The quantitative estimate of drug-likeness (QED) is 0.685. The predicted octanol–water partition coefficient (Wildman–Crippen LogP) is 3.04. The molecule has 1 N–H and O–H groups in total. The van der Waals surface area contributed by atoms with Crippen molar-refractivity contribution in [3.05, 3.63) is 28.8 Å². The van der Waals surface area contributed by atoms with Crippen molar-refractivity contribution in [2.45, 2.75) is 12.7 Å². The molecule has 6 heteroatoms. The first-order valence-electron chi connectivity index (χ1n) is 5.11. The van der Waals surface area contributed by atoms with Crippen molar-refractivity contribution in [3.8, 4) is 12.3 Å². The number of rotatable bonds is 3. The van der Waals surface area contributed by atoms with E-state index in [1.807, 2.05) is 0 Å². The molecule has 1 heterocycles. The number of nitrogens with zero attached hydrogens (tertiary/aromatic N) is 1. The van der Waals surface area contributed by atoms with Crippen LogP contribution in [-0.4, -0.2) is 11.5 Å². The van der Waals surface area contributed by atoms with Gasteiger partial charge in [0, 0.05) is 6.54 Å². The van der Waals surface area contributed by atoms with E-state index in [1.165, 1.54) is 17.4 Å². The summed E-state index contributed by atoms with van der Waals surface area (Å²) in [4.78, 5) is 4.23. The van der Waals surface area contributed by atoms with Gasteiger partial charge in [0.25, 0.3) is 0 Å². The first-order valence-corrected chi connectivity index (χ1v) is 5.93. The summed E-state index contributed by atoms with van der Waals surface area (Å²) in [5, 5.41) is 3.67. The van der Waals surface area contributed by atoms with E-state index >= 15 is 0 Å². The van der Waals surface area contributed by atoms with E-state index in [9.17, 15) is 13.2 Å². The van der Waals surface area contributed by atoms with Crippen molar-refractivity contribution in [1.82, 2.24) is 10.3 Å². The van der Waals surface area contributed by atoms with Gasteiger partial charge in [-0.1, -0.05) is 5.92 Å². The number of aromatic nitrogens is 1. The molecule has 2 nitrogen and oxygen atoms in total. The molecule has 0 amide bonds. The van der Waals surface area contributed by atoms with Gasteiger partial charge in [-0.05, 0) is 18.2 Å². The summed E-state index contributed by atoms with van der Waals surface area (Å²) in [5.41, 5.74) is -0.0766. The fourth-order valence-electron chi connectivity index (χ4n) is 1.47. The Kier molecular flexibility index (Phi) is 3.55. The Labute approximate surface area is 106 Å². The second kappa shape index (κ2) is 4.96. The molecule has 0 bridgehead atoms. The van der Waals surface area contributed by atoms with E-state index in [-0.39, 0.29) is 0 Å². The van der Waals surface area contributed by atoms with Crippen LogP contribution in [0.25, 0.3) is 10.2 Å². The molecule has 0 radical (unpaired) electrons. The van der Waals surface area contributed by atoms with E-state index in [0.717, 1.165) is 17.1 Å². The molecule has 0 aliphatic carbocycles. The molecule has 2 aromatic rings. The molecule has 94 valence electrons. The van der Waals surface area contributed by atoms with Crippen molar-refractivity contribution >= 4 is 21.6 Å². The highest BCUT2D eigenvalue weighted by Gasteiger charge is 2.30. The lowest BCUT2D eigenvalue weighted by Crippen LogP contribution is -2.12. The minimum absolute atomic E-state index is 0.406. The summed E-state index contributed by atoms with van der Waals surface area (Å²) in [6.45, 7) is 0.870. The zero-order chi connectivity index (χ0) is 13.2. The number of nitrogens with one attached hydrogen (secondary N) is 1. The van der Waals surface area contributed by atoms with Gasteiger partial charge in [0.05, 0.1) is 22.3 Å². The molecule has 1 aromatic heterocycles. The Morgan fingerprint density at radius 3 is 2.83 bits per heavy atom. The Hall–Kier alpha value is -1.58. The molecule has 0 unspecified atom stereocenters. The van der Waals surface area contributed by atoms with Crippen LogP contribution >= 0.6 is 11.3 Å². The topological polar surface area (TPSA) is 24.9 Å². The van der Waals surface area contributed by atoms with Crippen LogP contribution in [0.2, 0.25) is 0 Å². The van der Waals surface area contributed by atoms with Gasteiger partial charge in [-0.2, -0.15) is 13.2 Å². The summed E-state index contributed by atoms with van der Waals surface area (Å²) in [6.07, 6.45) is 0.762. The third kappa shape index (κ3) is 2.81. The van der Waals surface area contributed by atoms with Crippen LogP contribution in [0.5, 0.6) is 0 Å². The average Bonchev–Trinajstić information content (AvgIpc) is 2.69. The second-order valence-corrected chi connectivity index (χ2v) is 4.71. The number of benzene rings is 1. The number of fused-ring (bicyclic) bond motifs is 1. The maximum atomic E-state index is 12.5.